The molecule has 8 heteroatoms. The molecule has 1 rings (SSSR count). The van der Waals surface area contributed by atoms with Gasteiger partial charge in [0, 0.05) is 26.6 Å². The Morgan fingerprint density at radius 3 is 2.33 bits per heavy atom. The zero-order valence-corrected chi connectivity index (χ0v) is 12.7. The third kappa shape index (κ3) is 5.43. The Balaban J connectivity index is 2.83. The molecule has 1 aliphatic heterocycles. The predicted octanol–water partition coefficient (Wildman–Crippen LogP) is 2.41. The predicted molar refractivity (Wildman–Crippen MR) is 69.7 cm³/mol. The SMILES string of the molecule is CN1CCN(C(=O)OC(C)(C)C)C(CCC(F)(F)F)C1=O. The minimum absolute atomic E-state index is 0.166. The first-order valence-corrected chi connectivity index (χ1v) is 6.72. The maximum atomic E-state index is 12.4. The van der Waals surface area contributed by atoms with E-state index in [0.29, 0.717) is 0 Å². The largest absolute Gasteiger partial charge is 0.444 e. The number of hydrogen-bond donors (Lipinski definition) is 0. The van der Waals surface area contributed by atoms with E-state index >= 15 is 0 Å². The van der Waals surface area contributed by atoms with E-state index in [1.165, 1.54) is 11.9 Å². The fourth-order valence-electron chi connectivity index (χ4n) is 2.03. The Labute approximate surface area is 122 Å². The highest BCUT2D eigenvalue weighted by atomic mass is 19.4. The van der Waals surface area contributed by atoms with Crippen LogP contribution in [-0.2, 0) is 9.53 Å². The van der Waals surface area contributed by atoms with E-state index in [1.807, 2.05) is 0 Å². The van der Waals surface area contributed by atoms with Gasteiger partial charge in [0.15, 0.2) is 0 Å². The van der Waals surface area contributed by atoms with Crippen molar-refractivity contribution >= 4 is 12.0 Å². The van der Waals surface area contributed by atoms with Crippen LogP contribution in [0.4, 0.5) is 18.0 Å². The summed E-state index contributed by atoms with van der Waals surface area (Å²) in [5, 5.41) is 0. The van der Waals surface area contributed by atoms with Gasteiger partial charge in [-0.25, -0.2) is 4.79 Å². The molecule has 1 fully saturated rings. The molecule has 2 amide bonds. The number of ether oxygens (including phenoxy) is 1. The lowest BCUT2D eigenvalue weighted by molar-refractivity contribution is -0.149. The molecule has 0 N–H and O–H groups in total. The van der Waals surface area contributed by atoms with E-state index in [2.05, 4.69) is 0 Å². The van der Waals surface area contributed by atoms with Crippen LogP contribution in [0.25, 0.3) is 0 Å². The van der Waals surface area contributed by atoms with Gasteiger partial charge in [0.2, 0.25) is 5.91 Å². The van der Waals surface area contributed by atoms with Gasteiger partial charge in [-0.15, -0.1) is 0 Å². The fraction of sp³-hybridized carbons (Fsp3) is 0.846. The van der Waals surface area contributed by atoms with E-state index in [0.717, 1.165) is 4.90 Å². The average molecular weight is 310 g/mol. The molecule has 0 radical (unpaired) electrons. The second kappa shape index (κ2) is 6.11. The van der Waals surface area contributed by atoms with Crippen molar-refractivity contribution in [3.63, 3.8) is 0 Å². The van der Waals surface area contributed by atoms with Crippen LogP contribution in [0.5, 0.6) is 0 Å². The number of piperazine rings is 1. The third-order valence-electron chi connectivity index (χ3n) is 3.04. The van der Waals surface area contributed by atoms with Crippen LogP contribution in [-0.4, -0.2) is 59.8 Å². The van der Waals surface area contributed by atoms with E-state index in [-0.39, 0.29) is 13.1 Å². The van der Waals surface area contributed by atoms with Gasteiger partial charge in [-0.3, -0.25) is 9.69 Å². The van der Waals surface area contributed by atoms with Gasteiger partial charge < -0.3 is 9.64 Å². The van der Waals surface area contributed by atoms with Crippen molar-refractivity contribution < 1.29 is 27.5 Å². The third-order valence-corrected chi connectivity index (χ3v) is 3.04. The van der Waals surface area contributed by atoms with Crippen molar-refractivity contribution in [2.24, 2.45) is 0 Å². The van der Waals surface area contributed by atoms with Crippen LogP contribution in [0.2, 0.25) is 0 Å². The lowest BCUT2D eigenvalue weighted by Crippen LogP contribution is -2.58. The molecule has 0 bridgehead atoms. The summed E-state index contributed by atoms with van der Waals surface area (Å²) in [7, 11) is 1.51. The molecule has 0 aromatic heterocycles. The van der Waals surface area contributed by atoms with Crippen LogP contribution in [0.1, 0.15) is 33.6 Å². The van der Waals surface area contributed by atoms with Gasteiger partial charge in [0.05, 0.1) is 0 Å². The van der Waals surface area contributed by atoms with E-state index in [4.69, 9.17) is 4.74 Å². The quantitative estimate of drug-likeness (QED) is 0.787. The van der Waals surface area contributed by atoms with Gasteiger partial charge in [-0.1, -0.05) is 0 Å². The summed E-state index contributed by atoms with van der Waals surface area (Å²) in [6.45, 7) is 5.43. The molecule has 0 aromatic rings. The smallest absolute Gasteiger partial charge is 0.411 e. The summed E-state index contributed by atoms with van der Waals surface area (Å²) in [6.07, 6.45) is -6.69. The molecule has 0 saturated carbocycles. The average Bonchev–Trinajstić information content (AvgIpc) is 2.27. The number of carbonyl (C=O) groups is 2. The number of hydrogen-bond acceptors (Lipinski definition) is 3. The van der Waals surface area contributed by atoms with Crippen molar-refractivity contribution in [1.29, 1.82) is 0 Å². The van der Waals surface area contributed by atoms with Crippen LogP contribution in [0, 0.1) is 0 Å². The molecule has 21 heavy (non-hydrogen) atoms. The topological polar surface area (TPSA) is 49.9 Å². The van der Waals surface area contributed by atoms with E-state index in [1.54, 1.807) is 20.8 Å². The molecule has 0 aromatic carbocycles. The fourth-order valence-corrected chi connectivity index (χ4v) is 2.03. The highest BCUT2D eigenvalue weighted by Crippen LogP contribution is 2.26. The Morgan fingerprint density at radius 1 is 1.29 bits per heavy atom. The minimum Gasteiger partial charge on any atom is -0.444 e. The van der Waals surface area contributed by atoms with Crippen LogP contribution >= 0.6 is 0 Å². The first-order valence-electron chi connectivity index (χ1n) is 6.72. The molecular formula is C13H21F3N2O3. The molecule has 1 aliphatic rings. The van der Waals surface area contributed by atoms with E-state index < -0.39 is 42.7 Å². The summed E-state index contributed by atoms with van der Waals surface area (Å²) >= 11 is 0. The van der Waals surface area contributed by atoms with Crippen LogP contribution in [0.15, 0.2) is 0 Å². The molecule has 1 saturated heterocycles. The number of halogens is 3. The van der Waals surface area contributed by atoms with Gasteiger partial charge in [0.1, 0.15) is 11.6 Å². The Kier molecular flexibility index (Phi) is 5.11. The zero-order valence-electron chi connectivity index (χ0n) is 12.7. The number of carbonyl (C=O) groups excluding carboxylic acids is 2. The summed E-state index contributed by atoms with van der Waals surface area (Å²) in [5.41, 5.74) is -0.766. The molecule has 122 valence electrons. The molecule has 0 aliphatic carbocycles. The molecule has 1 unspecified atom stereocenters. The molecule has 5 nitrogen and oxygen atoms in total. The standard InChI is InChI=1S/C13H21F3N2O3/c1-12(2,3)21-11(20)18-8-7-17(4)10(19)9(18)5-6-13(14,15)16/h9H,5-8H2,1-4H3. The Hall–Kier alpha value is -1.47. The number of amides is 2. The minimum atomic E-state index is -4.37. The van der Waals surface area contributed by atoms with Crippen LogP contribution < -0.4 is 0 Å². The second-order valence-corrected chi connectivity index (χ2v) is 6.10. The van der Waals surface area contributed by atoms with Gasteiger partial charge in [-0.2, -0.15) is 13.2 Å². The maximum Gasteiger partial charge on any atom is 0.411 e. The van der Waals surface area contributed by atoms with Crippen molar-refractivity contribution in [3.8, 4) is 0 Å². The highest BCUT2D eigenvalue weighted by molar-refractivity contribution is 5.86. The summed E-state index contributed by atoms with van der Waals surface area (Å²) in [6, 6.07) is -1.12. The lowest BCUT2D eigenvalue weighted by Gasteiger charge is -2.39. The van der Waals surface area contributed by atoms with Crippen molar-refractivity contribution in [1.82, 2.24) is 9.80 Å². The Morgan fingerprint density at radius 2 is 1.86 bits per heavy atom. The monoisotopic (exact) mass is 310 g/mol. The van der Waals surface area contributed by atoms with Gasteiger partial charge in [0.25, 0.3) is 0 Å². The molecule has 0 spiro atoms. The number of likely N-dealkylation sites (N-methyl/N-ethyl adjacent to an activating group) is 1. The normalized spacial score (nSPS) is 20.7. The summed E-state index contributed by atoms with van der Waals surface area (Å²) < 4.78 is 42.3. The lowest BCUT2D eigenvalue weighted by atomic mass is 10.1. The summed E-state index contributed by atoms with van der Waals surface area (Å²) in [5.74, 6) is -0.489. The van der Waals surface area contributed by atoms with Crippen molar-refractivity contribution in [3.05, 3.63) is 0 Å². The van der Waals surface area contributed by atoms with E-state index in [9.17, 15) is 22.8 Å². The number of rotatable bonds is 2. The molecule has 1 heterocycles. The number of alkyl halides is 3. The van der Waals surface area contributed by atoms with Crippen molar-refractivity contribution in [2.75, 3.05) is 20.1 Å². The maximum absolute atomic E-state index is 12.4. The first kappa shape index (κ1) is 17.6. The number of nitrogens with zero attached hydrogens (tertiary/aromatic N) is 2. The second-order valence-electron chi connectivity index (χ2n) is 6.10. The zero-order chi connectivity index (χ0) is 16.4. The van der Waals surface area contributed by atoms with Crippen LogP contribution in [0.3, 0.4) is 0 Å². The van der Waals surface area contributed by atoms with Crippen molar-refractivity contribution in [2.45, 2.75) is 51.4 Å². The first-order chi connectivity index (χ1) is 9.41. The highest BCUT2D eigenvalue weighted by Gasteiger charge is 2.40. The Bertz CT molecular complexity index is 404. The van der Waals surface area contributed by atoms with Gasteiger partial charge in [-0.05, 0) is 27.2 Å². The summed E-state index contributed by atoms with van der Waals surface area (Å²) in [4.78, 5) is 26.5. The van der Waals surface area contributed by atoms with Gasteiger partial charge >= 0.3 is 12.3 Å². The molecular weight excluding hydrogens is 289 g/mol. The molecule has 1 atom stereocenters.